The van der Waals surface area contributed by atoms with Gasteiger partial charge in [0, 0.05) is 44.6 Å². The van der Waals surface area contributed by atoms with Crippen molar-refractivity contribution in [1.82, 2.24) is 20.2 Å². The van der Waals surface area contributed by atoms with Crippen LogP contribution in [0.25, 0.3) is 0 Å². The lowest BCUT2D eigenvalue weighted by atomic mass is 9.93. The highest BCUT2D eigenvalue weighted by atomic mass is 16.1. The van der Waals surface area contributed by atoms with Crippen LogP contribution in [0.2, 0.25) is 0 Å². The van der Waals surface area contributed by atoms with Crippen molar-refractivity contribution in [2.24, 2.45) is 5.92 Å². The average Bonchev–Trinajstić information content (AvgIpc) is 2.80. The molecule has 1 N–H and O–H groups in total. The van der Waals surface area contributed by atoms with Crippen LogP contribution in [0, 0.1) is 5.92 Å². The zero-order valence-corrected chi connectivity index (χ0v) is 17.0. The SMILES string of the molecule is O=C(NCCc1ccccc1)C1CCCN(C2CCN(c3cnccn3)CC2)C1. The minimum absolute atomic E-state index is 0.123. The number of carbonyl (C=O) groups excluding carboxylic acids is 1. The quantitative estimate of drug-likeness (QED) is 0.817. The van der Waals surface area contributed by atoms with Crippen LogP contribution in [-0.4, -0.2) is 59.5 Å². The van der Waals surface area contributed by atoms with Crippen molar-refractivity contribution in [3.05, 3.63) is 54.5 Å². The van der Waals surface area contributed by atoms with Crippen molar-refractivity contribution < 1.29 is 4.79 Å². The van der Waals surface area contributed by atoms with Gasteiger partial charge in [0.15, 0.2) is 0 Å². The van der Waals surface area contributed by atoms with Gasteiger partial charge in [-0.2, -0.15) is 0 Å². The molecule has 6 heteroatoms. The minimum atomic E-state index is 0.123. The number of carbonyl (C=O) groups is 1. The standard InChI is InChI=1S/C23H31N5O/c29-23(26-11-8-19-5-2-1-3-6-19)20-7-4-14-28(18-20)21-9-15-27(16-10-21)22-17-24-12-13-25-22/h1-3,5-6,12-13,17,20-21H,4,7-11,14-16,18H2,(H,26,29). The molecule has 1 aromatic carbocycles. The molecule has 0 radical (unpaired) electrons. The summed E-state index contributed by atoms with van der Waals surface area (Å²) in [6.45, 7) is 4.74. The van der Waals surface area contributed by atoms with Crippen molar-refractivity contribution in [2.75, 3.05) is 37.6 Å². The van der Waals surface area contributed by atoms with Crippen LogP contribution in [0.5, 0.6) is 0 Å². The van der Waals surface area contributed by atoms with Crippen molar-refractivity contribution in [3.63, 3.8) is 0 Å². The summed E-state index contributed by atoms with van der Waals surface area (Å²) >= 11 is 0. The molecule has 0 aliphatic carbocycles. The van der Waals surface area contributed by atoms with Crippen molar-refractivity contribution in [2.45, 2.75) is 38.1 Å². The summed E-state index contributed by atoms with van der Waals surface area (Å²) in [5, 5.41) is 3.16. The maximum atomic E-state index is 12.7. The van der Waals surface area contributed by atoms with E-state index in [-0.39, 0.29) is 11.8 Å². The van der Waals surface area contributed by atoms with Crippen LogP contribution >= 0.6 is 0 Å². The molecule has 1 unspecified atom stereocenters. The molecule has 6 nitrogen and oxygen atoms in total. The zero-order valence-electron chi connectivity index (χ0n) is 17.0. The molecular weight excluding hydrogens is 362 g/mol. The Morgan fingerprint density at radius 2 is 1.90 bits per heavy atom. The van der Waals surface area contributed by atoms with E-state index in [9.17, 15) is 4.79 Å². The lowest BCUT2D eigenvalue weighted by Crippen LogP contribution is -2.51. The van der Waals surface area contributed by atoms with Gasteiger partial charge in [-0.25, -0.2) is 4.98 Å². The number of anilines is 1. The van der Waals surface area contributed by atoms with Gasteiger partial charge in [0.1, 0.15) is 5.82 Å². The highest BCUT2D eigenvalue weighted by molar-refractivity contribution is 5.79. The summed E-state index contributed by atoms with van der Waals surface area (Å²) in [7, 11) is 0. The normalized spacial score (nSPS) is 21.1. The number of aromatic nitrogens is 2. The van der Waals surface area contributed by atoms with Gasteiger partial charge in [-0.3, -0.25) is 14.7 Å². The molecule has 3 heterocycles. The van der Waals surface area contributed by atoms with E-state index in [0.717, 1.165) is 70.6 Å². The van der Waals surface area contributed by atoms with E-state index in [0.29, 0.717) is 6.04 Å². The maximum Gasteiger partial charge on any atom is 0.224 e. The van der Waals surface area contributed by atoms with Crippen LogP contribution in [0.4, 0.5) is 5.82 Å². The van der Waals surface area contributed by atoms with Crippen LogP contribution in [0.15, 0.2) is 48.9 Å². The van der Waals surface area contributed by atoms with Gasteiger partial charge in [0.2, 0.25) is 5.91 Å². The molecular formula is C23H31N5O. The summed E-state index contributed by atoms with van der Waals surface area (Å²) in [6.07, 6.45) is 10.6. The number of hydrogen-bond acceptors (Lipinski definition) is 5. The number of rotatable bonds is 6. The van der Waals surface area contributed by atoms with Crippen LogP contribution < -0.4 is 10.2 Å². The molecule has 1 amide bonds. The van der Waals surface area contributed by atoms with Crippen LogP contribution in [-0.2, 0) is 11.2 Å². The molecule has 29 heavy (non-hydrogen) atoms. The van der Waals surface area contributed by atoms with Crippen molar-refractivity contribution in [3.8, 4) is 0 Å². The fourth-order valence-corrected chi connectivity index (χ4v) is 4.59. The van der Waals surface area contributed by atoms with Gasteiger partial charge >= 0.3 is 0 Å². The second-order valence-electron chi connectivity index (χ2n) is 8.14. The number of likely N-dealkylation sites (tertiary alicyclic amines) is 1. The fourth-order valence-electron chi connectivity index (χ4n) is 4.59. The smallest absolute Gasteiger partial charge is 0.224 e. The predicted octanol–water partition coefficient (Wildman–Crippen LogP) is 2.52. The molecule has 0 bridgehead atoms. The van der Waals surface area contributed by atoms with Gasteiger partial charge in [0.05, 0.1) is 12.1 Å². The largest absolute Gasteiger partial charge is 0.355 e. The summed E-state index contributed by atoms with van der Waals surface area (Å²) < 4.78 is 0. The third-order valence-corrected chi connectivity index (χ3v) is 6.23. The second kappa shape index (κ2) is 9.83. The van der Waals surface area contributed by atoms with Crippen molar-refractivity contribution >= 4 is 11.7 Å². The Bertz CT molecular complexity index is 761. The predicted molar refractivity (Wildman–Crippen MR) is 115 cm³/mol. The summed E-state index contributed by atoms with van der Waals surface area (Å²) in [6, 6.07) is 10.9. The highest BCUT2D eigenvalue weighted by Crippen LogP contribution is 2.25. The van der Waals surface area contributed by atoms with Crippen LogP contribution in [0.1, 0.15) is 31.2 Å². The fraction of sp³-hybridized carbons (Fsp3) is 0.522. The lowest BCUT2D eigenvalue weighted by Gasteiger charge is -2.42. The Hall–Kier alpha value is -2.47. The number of nitrogens with zero attached hydrogens (tertiary/aromatic N) is 4. The van der Waals surface area contributed by atoms with E-state index >= 15 is 0 Å². The first-order valence-corrected chi connectivity index (χ1v) is 10.9. The molecule has 4 rings (SSSR count). The van der Waals surface area contributed by atoms with Crippen LogP contribution in [0.3, 0.4) is 0 Å². The number of nitrogens with one attached hydrogen (secondary N) is 1. The van der Waals surface area contributed by atoms with Gasteiger partial charge in [0.25, 0.3) is 0 Å². The van der Waals surface area contributed by atoms with Gasteiger partial charge < -0.3 is 10.2 Å². The number of benzene rings is 1. The maximum absolute atomic E-state index is 12.7. The summed E-state index contributed by atoms with van der Waals surface area (Å²) in [5.74, 6) is 1.32. The number of piperidine rings is 2. The Balaban J connectivity index is 1.22. The van der Waals surface area contributed by atoms with E-state index < -0.39 is 0 Å². The third-order valence-electron chi connectivity index (χ3n) is 6.23. The van der Waals surface area contributed by atoms with E-state index in [2.05, 4.69) is 37.2 Å². The van der Waals surface area contributed by atoms with Crippen molar-refractivity contribution in [1.29, 1.82) is 0 Å². The Morgan fingerprint density at radius 1 is 1.07 bits per heavy atom. The molecule has 2 aromatic rings. The Kier molecular flexibility index (Phi) is 6.72. The Morgan fingerprint density at radius 3 is 2.66 bits per heavy atom. The Labute approximate surface area is 173 Å². The summed E-state index contributed by atoms with van der Waals surface area (Å²) in [4.78, 5) is 26.2. The molecule has 2 fully saturated rings. The average molecular weight is 394 g/mol. The first-order valence-electron chi connectivity index (χ1n) is 10.9. The highest BCUT2D eigenvalue weighted by Gasteiger charge is 2.31. The lowest BCUT2D eigenvalue weighted by molar-refractivity contribution is -0.127. The molecule has 2 aliphatic heterocycles. The minimum Gasteiger partial charge on any atom is -0.355 e. The third kappa shape index (κ3) is 5.32. The first kappa shape index (κ1) is 19.8. The van der Waals surface area contributed by atoms with E-state index in [4.69, 9.17) is 0 Å². The van der Waals surface area contributed by atoms with Gasteiger partial charge in [-0.1, -0.05) is 30.3 Å². The van der Waals surface area contributed by atoms with E-state index in [1.165, 1.54) is 5.56 Å². The number of amides is 1. The molecule has 1 atom stereocenters. The summed E-state index contributed by atoms with van der Waals surface area (Å²) in [5.41, 5.74) is 1.27. The number of hydrogen-bond donors (Lipinski definition) is 1. The second-order valence-corrected chi connectivity index (χ2v) is 8.14. The molecule has 0 saturated carbocycles. The molecule has 0 spiro atoms. The van der Waals surface area contributed by atoms with E-state index in [1.54, 1.807) is 12.4 Å². The molecule has 154 valence electrons. The topological polar surface area (TPSA) is 61.4 Å². The van der Waals surface area contributed by atoms with Gasteiger partial charge in [-0.05, 0) is 44.2 Å². The molecule has 2 saturated heterocycles. The van der Waals surface area contributed by atoms with Gasteiger partial charge in [-0.15, -0.1) is 0 Å². The molecule has 2 aliphatic rings. The first-order chi connectivity index (χ1) is 14.3. The zero-order chi connectivity index (χ0) is 19.9. The molecule has 1 aromatic heterocycles. The monoisotopic (exact) mass is 393 g/mol. The van der Waals surface area contributed by atoms with E-state index in [1.807, 2.05) is 24.4 Å².